The average Bonchev–Trinajstić information content (AvgIpc) is 2.84. The number of nitrogens with one attached hydrogen (secondary N) is 2. The lowest BCUT2D eigenvalue weighted by Gasteiger charge is -2.10. The van der Waals surface area contributed by atoms with Crippen LogP contribution in [0, 0.1) is 6.92 Å². The Hall–Kier alpha value is -2.39. The minimum atomic E-state index is -3.96. The summed E-state index contributed by atoms with van der Waals surface area (Å²) in [5.74, 6) is -0.304. The maximum absolute atomic E-state index is 12.0. The van der Waals surface area contributed by atoms with Crippen molar-refractivity contribution < 1.29 is 17.9 Å². The number of benzene rings is 1. The number of nitrogens with two attached hydrogens (primary N) is 1. The molecule has 0 atom stereocenters. The molecule has 0 spiro atoms. The second-order valence-corrected chi connectivity index (χ2v) is 5.80. The van der Waals surface area contributed by atoms with Gasteiger partial charge in [-0.1, -0.05) is 0 Å². The Balaban J connectivity index is 2.34. The minimum Gasteiger partial charge on any atom is -0.495 e. The van der Waals surface area contributed by atoms with Crippen LogP contribution in [0.2, 0.25) is 0 Å². The van der Waals surface area contributed by atoms with Crippen LogP contribution in [0.4, 0.5) is 5.69 Å². The second kappa shape index (κ2) is 5.54. The van der Waals surface area contributed by atoms with E-state index in [1.54, 1.807) is 6.92 Å². The number of ether oxygens (including phenoxy) is 1. The van der Waals surface area contributed by atoms with Gasteiger partial charge in [0.2, 0.25) is 10.0 Å². The van der Waals surface area contributed by atoms with E-state index in [0.717, 1.165) is 0 Å². The third-order valence-electron chi connectivity index (χ3n) is 2.80. The molecule has 0 aliphatic heterocycles. The Labute approximate surface area is 121 Å². The van der Waals surface area contributed by atoms with Crippen molar-refractivity contribution in [1.82, 2.24) is 10.2 Å². The molecule has 0 saturated heterocycles. The molecule has 1 amide bonds. The Morgan fingerprint density at radius 3 is 2.67 bits per heavy atom. The molecule has 0 aliphatic carbocycles. The number of H-pyrrole nitrogens is 1. The number of rotatable bonds is 4. The van der Waals surface area contributed by atoms with Crippen molar-refractivity contribution in [3.05, 3.63) is 35.7 Å². The molecule has 0 saturated carbocycles. The van der Waals surface area contributed by atoms with Crippen LogP contribution in [-0.2, 0) is 10.0 Å². The van der Waals surface area contributed by atoms with E-state index in [2.05, 4.69) is 15.5 Å². The number of carbonyl (C=O) groups is 1. The number of nitrogens with zero attached hydrogens (tertiary/aromatic N) is 1. The van der Waals surface area contributed by atoms with E-state index in [-0.39, 0.29) is 16.3 Å². The first-order valence-corrected chi connectivity index (χ1v) is 7.39. The fourth-order valence-corrected chi connectivity index (χ4v) is 2.48. The minimum absolute atomic E-state index is 0.106. The zero-order valence-corrected chi connectivity index (χ0v) is 12.2. The maximum Gasteiger partial charge on any atom is 0.259 e. The summed E-state index contributed by atoms with van der Waals surface area (Å²) in [6.45, 7) is 1.70. The van der Waals surface area contributed by atoms with Crippen LogP contribution in [0.25, 0.3) is 0 Å². The summed E-state index contributed by atoms with van der Waals surface area (Å²) in [5, 5.41) is 14.1. The molecule has 1 aromatic carbocycles. The van der Waals surface area contributed by atoms with Gasteiger partial charge in [0, 0.05) is 11.4 Å². The number of carbonyl (C=O) groups excluding carboxylic acids is 1. The third-order valence-corrected chi connectivity index (χ3v) is 3.73. The van der Waals surface area contributed by atoms with Crippen molar-refractivity contribution in [2.45, 2.75) is 11.8 Å². The van der Waals surface area contributed by atoms with Gasteiger partial charge in [-0.25, -0.2) is 13.6 Å². The van der Waals surface area contributed by atoms with Gasteiger partial charge in [0.15, 0.2) is 0 Å². The molecule has 0 aliphatic rings. The molecule has 0 unspecified atom stereocenters. The Morgan fingerprint density at radius 1 is 1.43 bits per heavy atom. The fraction of sp³-hybridized carbons (Fsp3) is 0.167. The van der Waals surface area contributed by atoms with Crippen LogP contribution in [0.5, 0.6) is 5.75 Å². The van der Waals surface area contributed by atoms with E-state index >= 15 is 0 Å². The van der Waals surface area contributed by atoms with E-state index < -0.39 is 15.9 Å². The highest BCUT2D eigenvalue weighted by Crippen LogP contribution is 2.26. The molecule has 9 heteroatoms. The van der Waals surface area contributed by atoms with Crippen molar-refractivity contribution in [2.24, 2.45) is 5.14 Å². The highest BCUT2D eigenvalue weighted by molar-refractivity contribution is 7.89. The van der Waals surface area contributed by atoms with Crippen molar-refractivity contribution in [2.75, 3.05) is 12.4 Å². The molecular formula is C12H14N4O4S. The molecule has 112 valence electrons. The molecule has 0 bridgehead atoms. The smallest absolute Gasteiger partial charge is 0.259 e. The number of hydrogen-bond donors (Lipinski definition) is 3. The number of methoxy groups -OCH3 is 1. The third kappa shape index (κ3) is 3.20. The number of anilines is 1. The SMILES string of the molecule is COc1ccc(NC(=O)c2cn[nH]c2C)cc1S(N)(=O)=O. The van der Waals surface area contributed by atoms with E-state index in [4.69, 9.17) is 9.88 Å². The van der Waals surface area contributed by atoms with Crippen LogP contribution in [0.1, 0.15) is 16.1 Å². The lowest BCUT2D eigenvalue weighted by molar-refractivity contribution is 0.102. The molecular weight excluding hydrogens is 296 g/mol. The maximum atomic E-state index is 12.0. The molecule has 2 aromatic rings. The zero-order chi connectivity index (χ0) is 15.6. The van der Waals surface area contributed by atoms with Gasteiger partial charge in [-0.3, -0.25) is 9.89 Å². The second-order valence-electron chi connectivity index (χ2n) is 4.27. The number of primary sulfonamides is 1. The van der Waals surface area contributed by atoms with Gasteiger partial charge in [0.05, 0.1) is 18.9 Å². The van der Waals surface area contributed by atoms with Crippen molar-refractivity contribution in [1.29, 1.82) is 0 Å². The van der Waals surface area contributed by atoms with Crippen molar-refractivity contribution in [3.8, 4) is 5.75 Å². The molecule has 2 rings (SSSR count). The van der Waals surface area contributed by atoms with E-state index in [0.29, 0.717) is 11.3 Å². The molecule has 0 fully saturated rings. The van der Waals surface area contributed by atoms with Crippen LogP contribution in [0.15, 0.2) is 29.3 Å². The van der Waals surface area contributed by atoms with Crippen molar-refractivity contribution in [3.63, 3.8) is 0 Å². The number of amides is 1. The van der Waals surface area contributed by atoms with Gasteiger partial charge in [-0.2, -0.15) is 5.10 Å². The van der Waals surface area contributed by atoms with E-state index in [9.17, 15) is 13.2 Å². The summed E-state index contributed by atoms with van der Waals surface area (Å²) in [5.41, 5.74) is 1.25. The van der Waals surface area contributed by atoms with Gasteiger partial charge in [-0.15, -0.1) is 0 Å². The lowest BCUT2D eigenvalue weighted by Crippen LogP contribution is -2.16. The summed E-state index contributed by atoms with van der Waals surface area (Å²) in [6.07, 6.45) is 1.38. The van der Waals surface area contributed by atoms with E-state index in [1.807, 2.05) is 0 Å². The van der Waals surface area contributed by atoms with Crippen LogP contribution >= 0.6 is 0 Å². The first-order valence-electron chi connectivity index (χ1n) is 5.85. The summed E-state index contributed by atoms with van der Waals surface area (Å²) >= 11 is 0. The monoisotopic (exact) mass is 310 g/mol. The highest BCUT2D eigenvalue weighted by atomic mass is 32.2. The van der Waals surface area contributed by atoms with Crippen LogP contribution in [-0.4, -0.2) is 31.6 Å². The van der Waals surface area contributed by atoms with Gasteiger partial charge >= 0.3 is 0 Å². The topological polar surface area (TPSA) is 127 Å². The van der Waals surface area contributed by atoms with Crippen LogP contribution < -0.4 is 15.2 Å². The summed E-state index contributed by atoms with van der Waals surface area (Å²) < 4.78 is 27.9. The van der Waals surface area contributed by atoms with Crippen LogP contribution in [0.3, 0.4) is 0 Å². The van der Waals surface area contributed by atoms with Gasteiger partial charge in [0.1, 0.15) is 10.6 Å². The predicted molar refractivity (Wildman–Crippen MR) is 75.6 cm³/mol. The first kappa shape index (κ1) is 15.0. The lowest BCUT2D eigenvalue weighted by atomic mass is 10.2. The Kier molecular flexibility index (Phi) is 3.96. The molecule has 1 heterocycles. The molecule has 1 aromatic heterocycles. The molecule has 8 nitrogen and oxygen atoms in total. The predicted octanol–water partition coefficient (Wildman–Crippen LogP) is 0.626. The zero-order valence-electron chi connectivity index (χ0n) is 11.4. The number of sulfonamides is 1. The number of aryl methyl sites for hydroxylation is 1. The Bertz CT molecular complexity index is 782. The standard InChI is InChI=1S/C12H14N4O4S/c1-7-9(6-14-16-7)12(17)15-8-3-4-10(20-2)11(5-8)21(13,18)19/h3-6H,1-2H3,(H,14,16)(H,15,17)(H2,13,18,19). The van der Waals surface area contributed by atoms with Gasteiger partial charge < -0.3 is 10.1 Å². The summed E-state index contributed by atoms with van der Waals surface area (Å²) in [7, 11) is -2.63. The Morgan fingerprint density at radius 2 is 2.14 bits per heavy atom. The average molecular weight is 310 g/mol. The van der Waals surface area contributed by atoms with Crippen molar-refractivity contribution >= 4 is 21.6 Å². The quantitative estimate of drug-likeness (QED) is 0.763. The molecule has 4 N–H and O–H groups in total. The number of hydrogen-bond acceptors (Lipinski definition) is 5. The summed E-state index contributed by atoms with van der Waals surface area (Å²) in [4.78, 5) is 11.8. The molecule has 21 heavy (non-hydrogen) atoms. The summed E-state index contributed by atoms with van der Waals surface area (Å²) in [6, 6.07) is 4.17. The first-order chi connectivity index (χ1) is 9.82. The molecule has 0 radical (unpaired) electrons. The normalized spacial score (nSPS) is 11.2. The highest BCUT2D eigenvalue weighted by Gasteiger charge is 2.17. The fourth-order valence-electron chi connectivity index (χ4n) is 1.75. The largest absolute Gasteiger partial charge is 0.495 e. The van der Waals surface area contributed by atoms with Gasteiger partial charge in [-0.05, 0) is 25.1 Å². The number of aromatic nitrogens is 2. The van der Waals surface area contributed by atoms with E-state index in [1.165, 1.54) is 31.5 Å². The van der Waals surface area contributed by atoms with Gasteiger partial charge in [0.25, 0.3) is 5.91 Å². The number of aromatic amines is 1.